The number of hydrogen-bond acceptors (Lipinski definition) is 2. The van der Waals surface area contributed by atoms with Crippen molar-refractivity contribution in [2.45, 2.75) is 32.1 Å². The molecule has 0 atom stereocenters. The molecule has 0 spiro atoms. The number of anilines is 1. The van der Waals surface area contributed by atoms with Gasteiger partial charge in [0.2, 0.25) is 5.91 Å². The summed E-state index contributed by atoms with van der Waals surface area (Å²) in [6.07, 6.45) is 6.20. The zero-order valence-corrected chi connectivity index (χ0v) is 10.7. The predicted molar refractivity (Wildman–Crippen MR) is 72.7 cm³/mol. The van der Waals surface area contributed by atoms with Gasteiger partial charge in [-0.2, -0.15) is 0 Å². The fraction of sp³-hybridized carbons (Fsp3) is 0.533. The minimum absolute atomic E-state index is 0.0994. The quantitative estimate of drug-likeness (QED) is 0.833. The Kier molecular flexibility index (Phi) is 3.22. The van der Waals surface area contributed by atoms with Gasteiger partial charge in [-0.25, -0.2) is 0 Å². The molecule has 1 amide bonds. The largest absolute Gasteiger partial charge is 0.376 e. The van der Waals surface area contributed by atoms with Gasteiger partial charge in [-0.05, 0) is 61.3 Å². The summed E-state index contributed by atoms with van der Waals surface area (Å²) in [4.78, 5) is 11.6. The van der Waals surface area contributed by atoms with Gasteiger partial charge in [-0.1, -0.05) is 6.07 Å². The molecule has 0 saturated heterocycles. The highest BCUT2D eigenvalue weighted by Gasteiger charge is 2.21. The van der Waals surface area contributed by atoms with Gasteiger partial charge in [0, 0.05) is 12.2 Å². The molecule has 2 N–H and O–H groups in total. The van der Waals surface area contributed by atoms with Crippen LogP contribution in [0.3, 0.4) is 0 Å². The lowest BCUT2D eigenvalue weighted by molar-refractivity contribution is -0.119. The van der Waals surface area contributed by atoms with Crippen LogP contribution in [-0.4, -0.2) is 19.0 Å². The van der Waals surface area contributed by atoms with E-state index in [-0.39, 0.29) is 5.91 Å². The second-order valence-corrected chi connectivity index (χ2v) is 5.44. The van der Waals surface area contributed by atoms with Gasteiger partial charge in [0.15, 0.2) is 0 Å². The lowest BCUT2D eigenvalue weighted by atomic mass is 10.1. The molecule has 0 bridgehead atoms. The zero-order chi connectivity index (χ0) is 12.4. The van der Waals surface area contributed by atoms with Gasteiger partial charge in [0.25, 0.3) is 0 Å². The van der Waals surface area contributed by atoms with Crippen molar-refractivity contribution in [3.8, 4) is 0 Å². The van der Waals surface area contributed by atoms with Gasteiger partial charge in [-0.15, -0.1) is 0 Å². The van der Waals surface area contributed by atoms with E-state index >= 15 is 0 Å². The number of benzene rings is 1. The number of nitrogens with one attached hydrogen (secondary N) is 2. The molecular weight excluding hydrogens is 224 g/mol. The number of carbonyl (C=O) groups excluding carboxylic acids is 1. The summed E-state index contributed by atoms with van der Waals surface area (Å²) in [6, 6.07) is 6.46. The second kappa shape index (κ2) is 5.01. The van der Waals surface area contributed by atoms with E-state index < -0.39 is 0 Å². The van der Waals surface area contributed by atoms with Gasteiger partial charge >= 0.3 is 0 Å². The van der Waals surface area contributed by atoms with Crippen molar-refractivity contribution in [2.24, 2.45) is 5.92 Å². The molecule has 1 fully saturated rings. The highest BCUT2D eigenvalue weighted by molar-refractivity contribution is 5.80. The Morgan fingerprint density at radius 2 is 2.06 bits per heavy atom. The van der Waals surface area contributed by atoms with Crippen molar-refractivity contribution >= 4 is 11.6 Å². The number of hydrogen-bond donors (Lipinski definition) is 2. The van der Waals surface area contributed by atoms with Gasteiger partial charge in [0.05, 0.1) is 6.54 Å². The third-order valence-corrected chi connectivity index (χ3v) is 3.84. The average molecular weight is 244 g/mol. The highest BCUT2D eigenvalue weighted by atomic mass is 16.1. The smallest absolute Gasteiger partial charge is 0.239 e. The van der Waals surface area contributed by atoms with Crippen LogP contribution in [0.2, 0.25) is 0 Å². The van der Waals surface area contributed by atoms with Crippen molar-refractivity contribution in [1.29, 1.82) is 0 Å². The van der Waals surface area contributed by atoms with Crippen LogP contribution in [0.4, 0.5) is 5.69 Å². The number of fused-ring (bicyclic) bond motifs is 1. The van der Waals surface area contributed by atoms with Crippen LogP contribution in [0.5, 0.6) is 0 Å². The molecule has 96 valence electrons. The standard InChI is InChI=1S/C15H20N2O/c18-15(17-9-11-4-5-11)10-16-14-7-6-12-2-1-3-13(12)8-14/h6-8,11,16H,1-5,9-10H2,(H,17,18). The molecule has 2 aliphatic carbocycles. The Balaban J connectivity index is 1.48. The topological polar surface area (TPSA) is 41.1 Å². The molecule has 1 aromatic rings. The average Bonchev–Trinajstić information content (AvgIpc) is 3.10. The number of aryl methyl sites for hydroxylation is 2. The minimum atomic E-state index is 0.0994. The van der Waals surface area contributed by atoms with E-state index in [0.29, 0.717) is 6.54 Å². The summed E-state index contributed by atoms with van der Waals surface area (Å²) in [5, 5.41) is 6.17. The highest BCUT2D eigenvalue weighted by Crippen LogP contribution is 2.27. The molecule has 1 aromatic carbocycles. The first kappa shape index (κ1) is 11.6. The first-order chi connectivity index (χ1) is 8.81. The van der Waals surface area contributed by atoms with E-state index in [4.69, 9.17) is 0 Å². The van der Waals surface area contributed by atoms with Crippen molar-refractivity contribution in [3.63, 3.8) is 0 Å². The molecule has 3 nitrogen and oxygen atoms in total. The van der Waals surface area contributed by atoms with E-state index in [1.165, 1.54) is 43.2 Å². The van der Waals surface area contributed by atoms with Crippen molar-refractivity contribution in [1.82, 2.24) is 5.32 Å². The van der Waals surface area contributed by atoms with Gasteiger partial charge in [0.1, 0.15) is 0 Å². The van der Waals surface area contributed by atoms with Crippen LogP contribution in [0.25, 0.3) is 0 Å². The van der Waals surface area contributed by atoms with Gasteiger partial charge < -0.3 is 10.6 Å². The molecule has 3 heteroatoms. The molecule has 0 unspecified atom stereocenters. The maximum absolute atomic E-state index is 11.6. The third-order valence-electron chi connectivity index (χ3n) is 3.84. The molecule has 0 radical (unpaired) electrons. The molecule has 2 aliphatic rings. The fourth-order valence-electron chi connectivity index (χ4n) is 2.51. The SMILES string of the molecule is O=C(CNc1ccc2c(c1)CCC2)NCC1CC1. The Morgan fingerprint density at radius 3 is 2.89 bits per heavy atom. The van der Waals surface area contributed by atoms with E-state index in [0.717, 1.165) is 18.2 Å². The van der Waals surface area contributed by atoms with Crippen molar-refractivity contribution in [2.75, 3.05) is 18.4 Å². The van der Waals surface area contributed by atoms with Crippen LogP contribution in [0.1, 0.15) is 30.4 Å². The summed E-state index contributed by atoms with van der Waals surface area (Å²) >= 11 is 0. The zero-order valence-electron chi connectivity index (χ0n) is 10.7. The lowest BCUT2D eigenvalue weighted by Crippen LogP contribution is -2.31. The van der Waals surface area contributed by atoms with E-state index in [9.17, 15) is 4.79 Å². The van der Waals surface area contributed by atoms with Crippen LogP contribution in [0, 0.1) is 5.92 Å². The van der Waals surface area contributed by atoms with E-state index in [1.54, 1.807) is 0 Å². The predicted octanol–water partition coefficient (Wildman–Crippen LogP) is 2.11. The molecule has 0 aliphatic heterocycles. The molecule has 0 heterocycles. The van der Waals surface area contributed by atoms with E-state index in [2.05, 4.69) is 28.8 Å². The maximum Gasteiger partial charge on any atom is 0.239 e. The number of rotatable bonds is 5. The van der Waals surface area contributed by atoms with Crippen LogP contribution >= 0.6 is 0 Å². The lowest BCUT2D eigenvalue weighted by Gasteiger charge is -2.09. The van der Waals surface area contributed by atoms with E-state index in [1.807, 2.05) is 0 Å². The first-order valence-electron chi connectivity index (χ1n) is 6.93. The number of amides is 1. The summed E-state index contributed by atoms with van der Waals surface area (Å²) in [7, 11) is 0. The van der Waals surface area contributed by atoms with Gasteiger partial charge in [-0.3, -0.25) is 4.79 Å². The normalized spacial score (nSPS) is 17.3. The third kappa shape index (κ3) is 2.84. The number of carbonyl (C=O) groups is 1. The van der Waals surface area contributed by atoms with Crippen LogP contribution < -0.4 is 10.6 Å². The molecule has 1 saturated carbocycles. The minimum Gasteiger partial charge on any atom is -0.376 e. The van der Waals surface area contributed by atoms with Crippen LogP contribution in [0.15, 0.2) is 18.2 Å². The summed E-state index contributed by atoms with van der Waals surface area (Å²) in [5.41, 5.74) is 3.98. The van der Waals surface area contributed by atoms with Crippen molar-refractivity contribution < 1.29 is 4.79 Å². The molecule has 18 heavy (non-hydrogen) atoms. The van der Waals surface area contributed by atoms with Crippen molar-refractivity contribution in [3.05, 3.63) is 29.3 Å². The summed E-state index contributed by atoms with van der Waals surface area (Å²) in [6.45, 7) is 1.23. The summed E-state index contributed by atoms with van der Waals surface area (Å²) < 4.78 is 0. The Hall–Kier alpha value is -1.51. The monoisotopic (exact) mass is 244 g/mol. The maximum atomic E-state index is 11.6. The second-order valence-electron chi connectivity index (χ2n) is 5.44. The molecule has 0 aromatic heterocycles. The Bertz CT molecular complexity index is 452. The van der Waals surface area contributed by atoms with Crippen LogP contribution in [-0.2, 0) is 17.6 Å². The fourth-order valence-corrected chi connectivity index (χ4v) is 2.51. The molecular formula is C15H20N2O. The summed E-state index contributed by atoms with van der Waals surface area (Å²) in [5.74, 6) is 0.844. The molecule has 3 rings (SSSR count). The Labute approximate surface area is 108 Å². The Morgan fingerprint density at radius 1 is 1.22 bits per heavy atom. The first-order valence-corrected chi connectivity index (χ1v) is 6.93.